The second-order valence-corrected chi connectivity index (χ2v) is 35.5. The highest BCUT2D eigenvalue weighted by Crippen LogP contribution is 2.52. The molecule has 96 heavy (non-hydrogen) atoms. The minimum absolute atomic E-state index is 0.0400. The Kier molecular flexibility index (Phi) is 19.2. The Morgan fingerprint density at radius 3 is 1.46 bits per heavy atom. The van der Waals surface area contributed by atoms with Crippen molar-refractivity contribution in [2.24, 2.45) is 49.6 Å². The smallest absolute Gasteiger partial charge is 0.264 e. The highest BCUT2D eigenvalue weighted by atomic mass is 35.5. The van der Waals surface area contributed by atoms with Crippen LogP contribution in [0.2, 0.25) is 10.0 Å². The number of carbonyl (C=O) groups is 2. The quantitative estimate of drug-likeness (QED) is 0.121. The molecule has 17 nitrogen and oxygen atoms in total. The number of aryl methyl sites for hydroxylation is 4. The number of halogens is 2. The lowest BCUT2D eigenvalue weighted by Crippen LogP contribution is -2.54. The number of fused-ring (bicyclic) bond motifs is 8. The second-order valence-electron chi connectivity index (χ2n) is 30.2. The summed E-state index contributed by atoms with van der Waals surface area (Å²) >= 11 is 12.9. The number of hydrogen-bond acceptors (Lipinski definition) is 13. The Morgan fingerprint density at radius 1 is 0.583 bits per heavy atom. The Balaban J connectivity index is 0.000000174. The van der Waals surface area contributed by atoms with E-state index in [1.54, 1.807) is 43.6 Å². The van der Waals surface area contributed by atoms with Gasteiger partial charge in [0, 0.05) is 115 Å². The summed E-state index contributed by atoms with van der Waals surface area (Å²) in [6.45, 7) is 11.4. The predicted octanol–water partition coefficient (Wildman–Crippen LogP) is 11.9. The summed E-state index contributed by atoms with van der Waals surface area (Å²) in [4.78, 5) is 41.2. The Bertz CT molecular complexity index is 3880. The molecule has 6 aromatic rings. The van der Waals surface area contributed by atoms with Gasteiger partial charge in [-0.15, -0.1) is 0 Å². The molecule has 0 radical (unpaired) electrons. The maximum absolute atomic E-state index is 13.9. The second kappa shape index (κ2) is 26.9. The van der Waals surface area contributed by atoms with Gasteiger partial charge in [0.25, 0.3) is 11.8 Å². The van der Waals surface area contributed by atoms with Crippen LogP contribution in [-0.2, 0) is 70.3 Å². The number of nitrogens with one attached hydrogen (secondary N) is 2. The molecule has 14 rings (SSSR count). The van der Waals surface area contributed by atoms with Crippen molar-refractivity contribution < 1.29 is 41.9 Å². The van der Waals surface area contributed by atoms with Gasteiger partial charge < -0.3 is 38.6 Å². The first-order valence-electron chi connectivity index (χ1n) is 35.0. The van der Waals surface area contributed by atoms with Gasteiger partial charge in [-0.05, 0) is 228 Å². The zero-order valence-corrected chi connectivity index (χ0v) is 59.7. The number of ether oxygens (including phenoxy) is 2. The molecule has 13 atom stereocenters. The number of benzene rings is 4. The zero-order chi connectivity index (χ0) is 67.7. The van der Waals surface area contributed by atoms with E-state index in [1.807, 2.05) is 73.7 Å². The van der Waals surface area contributed by atoms with Crippen molar-refractivity contribution >= 4 is 72.0 Å². The molecule has 2 spiro atoms. The summed E-state index contributed by atoms with van der Waals surface area (Å²) in [6.07, 6.45) is 22.2. The van der Waals surface area contributed by atoms with Crippen molar-refractivity contribution in [3.63, 3.8) is 0 Å². The monoisotopic (exact) mass is 1390 g/mol. The lowest BCUT2D eigenvalue weighted by Gasteiger charge is -2.50. The van der Waals surface area contributed by atoms with E-state index in [0.29, 0.717) is 76.1 Å². The van der Waals surface area contributed by atoms with Crippen LogP contribution in [0.15, 0.2) is 97.6 Å². The fourth-order valence-electron chi connectivity index (χ4n) is 17.8. The van der Waals surface area contributed by atoms with Gasteiger partial charge in [0.05, 0.1) is 50.7 Å². The van der Waals surface area contributed by atoms with E-state index in [1.165, 1.54) is 22.3 Å². The largest absolute Gasteiger partial charge is 0.490 e. The van der Waals surface area contributed by atoms with Crippen LogP contribution in [0.4, 0.5) is 11.4 Å². The molecule has 1 unspecified atom stereocenters. The lowest BCUT2D eigenvalue weighted by atomic mass is 9.61. The van der Waals surface area contributed by atoms with Crippen LogP contribution >= 0.6 is 23.2 Å². The molecule has 2 amide bonds. The van der Waals surface area contributed by atoms with Crippen molar-refractivity contribution in [2.75, 3.05) is 49.2 Å². The number of aromatic nitrogens is 4. The molecule has 8 aliphatic rings. The fraction of sp³-hybridized carbons (Fsp3) is 0.560. The molecule has 516 valence electrons. The molecule has 0 saturated heterocycles. The normalized spacial score (nSPS) is 32.9. The summed E-state index contributed by atoms with van der Waals surface area (Å²) in [5.74, 6) is 6.60. The van der Waals surface area contributed by atoms with E-state index in [0.717, 1.165) is 129 Å². The summed E-state index contributed by atoms with van der Waals surface area (Å²) in [5, 5.41) is 25.6. The zero-order valence-electron chi connectivity index (χ0n) is 56.5. The molecule has 4 aliphatic heterocycles. The number of hydrogen-bond donors (Lipinski definition) is 4. The lowest BCUT2D eigenvalue weighted by molar-refractivity contribution is -0.0898. The van der Waals surface area contributed by atoms with Crippen LogP contribution in [0, 0.1) is 35.5 Å². The van der Waals surface area contributed by atoms with Gasteiger partial charge in [0.1, 0.15) is 23.1 Å². The average Bonchev–Trinajstić information content (AvgIpc) is 1.41. The number of aliphatic hydroxyl groups is 2. The fourth-order valence-corrected chi connectivity index (χ4v) is 21.0. The third kappa shape index (κ3) is 13.5. The van der Waals surface area contributed by atoms with E-state index in [9.17, 15) is 32.4 Å². The van der Waals surface area contributed by atoms with Crippen LogP contribution < -0.4 is 28.7 Å². The van der Waals surface area contributed by atoms with Crippen LogP contribution in [0.5, 0.6) is 11.5 Å². The SMILES string of the molecule is C=S1(=O)NC(=O)c2ccc3c(c2)N(C[C@@H]2CC[C@H]2[C@@](O)(Cc2nccn2C)CCC[C@H](C)[C@H]1C)C[C@@]1(CCCc2cc(Cl)ccc21)CO3.C[C@@H]1[C@@H](C)CCC[C@@](O)(Cc2nccn2C)[C@@H]2CC[C@H]2CN2C[C@@]3(CCCc4cc(Cl)ccc43)COc3ccc(cc32)C(=O)NS1(=O)=O. The summed E-state index contributed by atoms with van der Waals surface area (Å²) in [7, 11) is -2.95. The van der Waals surface area contributed by atoms with Crippen molar-refractivity contribution in [1.82, 2.24) is 28.5 Å². The molecule has 21 heteroatoms. The van der Waals surface area contributed by atoms with Crippen LogP contribution in [0.3, 0.4) is 0 Å². The van der Waals surface area contributed by atoms with Gasteiger partial charge >= 0.3 is 0 Å². The first-order valence-corrected chi connectivity index (χ1v) is 39.1. The number of sulfonamides is 1. The van der Waals surface area contributed by atoms with E-state index < -0.39 is 42.1 Å². The van der Waals surface area contributed by atoms with Crippen molar-refractivity contribution in [2.45, 2.75) is 176 Å². The Hall–Kier alpha value is -6.09. The molecule has 2 aromatic heterocycles. The number of anilines is 2. The molecule has 2 saturated carbocycles. The molecule has 6 heterocycles. The van der Waals surface area contributed by atoms with Gasteiger partial charge in [-0.2, -0.15) is 0 Å². The molecular weight excluding hydrogens is 1290 g/mol. The summed E-state index contributed by atoms with van der Waals surface area (Å²) in [6, 6.07) is 23.3. The Labute approximate surface area is 577 Å². The highest BCUT2D eigenvalue weighted by molar-refractivity contribution is 7.99. The van der Waals surface area contributed by atoms with Crippen LogP contribution in [0.1, 0.15) is 172 Å². The topological polar surface area (TPSA) is 210 Å². The van der Waals surface area contributed by atoms with Crippen molar-refractivity contribution in [1.29, 1.82) is 0 Å². The molecule has 2 fully saturated rings. The number of imidazole rings is 2. The maximum atomic E-state index is 13.9. The van der Waals surface area contributed by atoms with Crippen LogP contribution in [-0.4, -0.2) is 121 Å². The molecule has 4 N–H and O–H groups in total. The van der Waals surface area contributed by atoms with Gasteiger partial charge in [0.2, 0.25) is 10.0 Å². The van der Waals surface area contributed by atoms with E-state index in [4.69, 9.17) is 32.7 Å². The highest BCUT2D eigenvalue weighted by Gasteiger charge is 2.52. The van der Waals surface area contributed by atoms with E-state index in [-0.39, 0.29) is 63.1 Å². The maximum Gasteiger partial charge on any atom is 0.264 e. The summed E-state index contributed by atoms with van der Waals surface area (Å²) < 4.78 is 63.3. The van der Waals surface area contributed by atoms with Crippen molar-refractivity contribution in [3.8, 4) is 11.5 Å². The summed E-state index contributed by atoms with van der Waals surface area (Å²) in [5.41, 5.74) is 4.95. The van der Waals surface area contributed by atoms with Crippen LogP contribution in [0.25, 0.3) is 0 Å². The minimum atomic E-state index is -3.95. The molecule has 4 aliphatic carbocycles. The number of nitrogens with zero attached hydrogens (tertiary/aromatic N) is 6. The Morgan fingerprint density at radius 2 is 1.03 bits per heavy atom. The predicted molar refractivity (Wildman–Crippen MR) is 381 cm³/mol. The number of amides is 2. The van der Waals surface area contributed by atoms with Gasteiger partial charge in [-0.3, -0.25) is 14.3 Å². The van der Waals surface area contributed by atoms with Gasteiger partial charge in [-0.25, -0.2) is 27.3 Å². The van der Waals surface area contributed by atoms with Crippen molar-refractivity contribution in [3.05, 3.63) is 153 Å². The number of rotatable bonds is 4. The first kappa shape index (κ1) is 68.4. The number of carbonyl (C=O) groups excluding carboxylic acids is 2. The van der Waals surface area contributed by atoms with Gasteiger partial charge in [0.15, 0.2) is 0 Å². The molecule has 4 bridgehead atoms. The third-order valence-electron chi connectivity index (χ3n) is 24.2. The van der Waals surface area contributed by atoms with E-state index in [2.05, 4.69) is 66.3 Å². The molecule has 4 aromatic carbocycles. The minimum Gasteiger partial charge on any atom is -0.490 e. The molecular formula is C75H96Cl2N8O9S2. The standard InChI is InChI=1S/C38H49ClN4O4S.C37H47ClN4O5S/c1-25-7-5-16-38(45,21-35-40-17-18-42(35)3)32-12-9-29(32)22-43-23-37(15-6-8-27-19-30(39)11-13-31(27)37)24-47-34-14-10-28(20-33(34)43)36(44)41-48(4,46)26(25)2;1-24-6-4-15-37(44,20-34-39-16-17-41(34)3)31-11-8-28(31)21-42-22-36(14-5-7-26-18-29(38)10-12-30(26)36)23-47-33-13-9-27(19-32(33)42)35(43)40-48(45,46)25(24)2/h10-11,13-14,17-20,25-26,29,32,45H,4-9,12,15-16,21-24H2,1-3H3,(H,41,44,46);9-10,12-13,16-19,24-25,28,31,44H,4-8,11,14-15,20-23H2,1-3H3,(H,40,43)/t25-,26+,29-,32+,37-,38-,48?;24-,25+,28-,31+,36-,37+/m00/s1. The first-order chi connectivity index (χ1) is 45.7. The third-order valence-corrected chi connectivity index (χ3v) is 28.8. The average molecular weight is 1390 g/mol. The van der Waals surface area contributed by atoms with E-state index >= 15 is 0 Å². The van der Waals surface area contributed by atoms with Gasteiger partial charge in [-0.1, -0.05) is 62.0 Å².